The lowest BCUT2D eigenvalue weighted by atomic mass is 10.1. The molecule has 7 heteroatoms. The molecule has 0 bridgehead atoms. The minimum Gasteiger partial charge on any atom is -0.383 e. The van der Waals surface area contributed by atoms with Crippen molar-refractivity contribution < 1.29 is 4.79 Å². The van der Waals surface area contributed by atoms with Crippen LogP contribution in [0.4, 0.5) is 5.82 Å². The molecule has 2 aromatic heterocycles. The second-order valence-corrected chi connectivity index (χ2v) is 6.06. The number of aryl methyl sites for hydroxylation is 2. The minimum atomic E-state index is -0.235. The molecule has 1 aromatic carbocycles. The minimum absolute atomic E-state index is 0.235. The Kier molecular flexibility index (Phi) is 4.12. The van der Waals surface area contributed by atoms with Crippen molar-refractivity contribution in [2.75, 3.05) is 5.73 Å². The predicted octanol–water partition coefficient (Wildman–Crippen LogP) is 2.36. The maximum absolute atomic E-state index is 12.2. The van der Waals surface area contributed by atoms with Crippen LogP contribution in [0.2, 0.25) is 0 Å². The van der Waals surface area contributed by atoms with E-state index >= 15 is 0 Å². The summed E-state index contributed by atoms with van der Waals surface area (Å²) in [7, 11) is 1.70. The zero-order valence-electron chi connectivity index (χ0n) is 12.9. The van der Waals surface area contributed by atoms with E-state index in [4.69, 9.17) is 5.73 Å². The van der Waals surface area contributed by atoms with E-state index in [2.05, 4.69) is 15.4 Å². The molecule has 0 unspecified atom stereocenters. The molecule has 6 nitrogen and oxygen atoms in total. The van der Waals surface area contributed by atoms with Crippen LogP contribution >= 0.6 is 11.3 Å². The zero-order chi connectivity index (χ0) is 16.4. The van der Waals surface area contributed by atoms with Gasteiger partial charge in [0, 0.05) is 30.2 Å². The van der Waals surface area contributed by atoms with Gasteiger partial charge < -0.3 is 11.1 Å². The summed E-state index contributed by atoms with van der Waals surface area (Å²) in [6, 6.07) is 7.91. The van der Waals surface area contributed by atoms with Crippen molar-refractivity contribution in [2.24, 2.45) is 7.05 Å². The molecule has 3 aromatic rings. The highest BCUT2D eigenvalue weighted by atomic mass is 32.1. The number of anilines is 1. The fourth-order valence-corrected chi connectivity index (χ4v) is 3.11. The summed E-state index contributed by atoms with van der Waals surface area (Å²) in [5.41, 5.74) is 9.25. The van der Waals surface area contributed by atoms with Gasteiger partial charge in [-0.3, -0.25) is 9.48 Å². The third kappa shape index (κ3) is 3.09. The number of nitrogens with zero attached hydrogens (tertiary/aromatic N) is 3. The van der Waals surface area contributed by atoms with Crippen LogP contribution in [0.25, 0.3) is 10.6 Å². The zero-order valence-corrected chi connectivity index (χ0v) is 13.7. The summed E-state index contributed by atoms with van der Waals surface area (Å²) in [5.74, 6) is 0.118. The Balaban J connectivity index is 1.79. The van der Waals surface area contributed by atoms with E-state index < -0.39 is 0 Å². The number of carbonyl (C=O) groups excluding carboxylic acids is 1. The van der Waals surface area contributed by atoms with E-state index in [1.165, 1.54) is 10.9 Å². The number of benzene rings is 1. The van der Waals surface area contributed by atoms with Gasteiger partial charge in [0.25, 0.3) is 5.91 Å². The number of carbonyl (C=O) groups is 1. The number of hydrogen-bond donors (Lipinski definition) is 2. The third-order valence-electron chi connectivity index (χ3n) is 3.54. The van der Waals surface area contributed by atoms with Gasteiger partial charge in [0.15, 0.2) is 0 Å². The molecule has 3 N–H and O–H groups in total. The average Bonchev–Trinajstić information content (AvgIpc) is 3.12. The fraction of sp³-hybridized carbons (Fsp3) is 0.188. The van der Waals surface area contributed by atoms with Crippen LogP contribution in [0.3, 0.4) is 0 Å². The second-order valence-electron chi connectivity index (χ2n) is 5.20. The molecule has 0 aliphatic heterocycles. The first kappa shape index (κ1) is 15.2. The molecule has 0 fully saturated rings. The lowest BCUT2D eigenvalue weighted by molar-refractivity contribution is 0.0952. The molecule has 0 radical (unpaired) electrons. The molecule has 0 aliphatic rings. The van der Waals surface area contributed by atoms with Crippen molar-refractivity contribution in [3.8, 4) is 10.6 Å². The third-order valence-corrected chi connectivity index (χ3v) is 4.53. The van der Waals surface area contributed by atoms with Crippen LogP contribution in [-0.2, 0) is 13.6 Å². The Hall–Kier alpha value is -2.67. The van der Waals surface area contributed by atoms with Crippen LogP contribution in [0.1, 0.15) is 21.6 Å². The van der Waals surface area contributed by atoms with Crippen molar-refractivity contribution in [2.45, 2.75) is 13.5 Å². The molecule has 0 spiro atoms. The number of amides is 1. The molecule has 0 saturated carbocycles. The van der Waals surface area contributed by atoms with Crippen molar-refractivity contribution >= 4 is 23.1 Å². The number of rotatable bonds is 4. The van der Waals surface area contributed by atoms with E-state index in [0.717, 1.165) is 21.8 Å². The number of nitrogens with one attached hydrogen (secondary N) is 1. The highest BCUT2D eigenvalue weighted by Gasteiger charge is 2.14. The smallest absolute Gasteiger partial charge is 0.256 e. The summed E-state index contributed by atoms with van der Waals surface area (Å²) in [6.45, 7) is 2.37. The van der Waals surface area contributed by atoms with Gasteiger partial charge in [-0.25, -0.2) is 4.98 Å². The van der Waals surface area contributed by atoms with Gasteiger partial charge in [0.2, 0.25) is 0 Å². The molecule has 0 saturated heterocycles. The van der Waals surface area contributed by atoms with Crippen molar-refractivity contribution in [3.05, 3.63) is 52.7 Å². The molecular weight excluding hydrogens is 310 g/mol. The van der Waals surface area contributed by atoms with Crippen LogP contribution in [0.15, 0.2) is 35.8 Å². The van der Waals surface area contributed by atoms with Gasteiger partial charge in [-0.05, 0) is 12.5 Å². The average molecular weight is 327 g/mol. The van der Waals surface area contributed by atoms with Gasteiger partial charge in [-0.2, -0.15) is 5.10 Å². The Morgan fingerprint density at radius 3 is 2.83 bits per heavy atom. The molecule has 2 heterocycles. The predicted molar refractivity (Wildman–Crippen MR) is 91.1 cm³/mol. The highest BCUT2D eigenvalue weighted by molar-refractivity contribution is 7.13. The summed E-state index contributed by atoms with van der Waals surface area (Å²) in [4.78, 5) is 16.8. The lowest BCUT2D eigenvalue weighted by Gasteiger charge is -2.09. The van der Waals surface area contributed by atoms with Gasteiger partial charge >= 0.3 is 0 Å². The van der Waals surface area contributed by atoms with E-state index in [9.17, 15) is 4.79 Å². The van der Waals surface area contributed by atoms with Crippen molar-refractivity contribution in [3.63, 3.8) is 0 Å². The molecule has 0 aliphatic carbocycles. The quantitative estimate of drug-likeness (QED) is 0.770. The monoisotopic (exact) mass is 327 g/mol. The van der Waals surface area contributed by atoms with E-state index in [-0.39, 0.29) is 5.91 Å². The van der Waals surface area contributed by atoms with Gasteiger partial charge in [-0.15, -0.1) is 11.3 Å². The fourth-order valence-electron chi connectivity index (χ4n) is 2.25. The Morgan fingerprint density at radius 2 is 2.17 bits per heavy atom. The Morgan fingerprint density at radius 1 is 1.39 bits per heavy atom. The van der Waals surface area contributed by atoms with Gasteiger partial charge in [0.05, 0.1) is 6.20 Å². The molecule has 3 rings (SSSR count). The summed E-state index contributed by atoms with van der Waals surface area (Å²) < 4.78 is 1.47. The number of nitrogens with two attached hydrogens (primary N) is 1. The van der Waals surface area contributed by atoms with Crippen LogP contribution < -0.4 is 11.1 Å². The standard InChI is InChI=1S/C16H17N5OS/c1-10-9-23-16(20-10)12-6-4-3-5-11(12)7-18-15(22)13-8-19-21(2)14(13)17/h3-6,8-9H,7,17H2,1-2H3,(H,18,22). The Bertz CT molecular complexity index is 852. The SMILES string of the molecule is Cc1csc(-c2ccccc2CNC(=O)c2cnn(C)c2N)n1. The number of thiazole rings is 1. The lowest BCUT2D eigenvalue weighted by Crippen LogP contribution is -2.23. The van der Waals surface area contributed by atoms with Crippen molar-refractivity contribution in [1.82, 2.24) is 20.1 Å². The van der Waals surface area contributed by atoms with Crippen LogP contribution in [0.5, 0.6) is 0 Å². The molecule has 118 valence electrons. The summed E-state index contributed by atoms with van der Waals surface area (Å²) in [6.07, 6.45) is 1.47. The molecule has 0 atom stereocenters. The molecule has 23 heavy (non-hydrogen) atoms. The van der Waals surface area contributed by atoms with Crippen molar-refractivity contribution in [1.29, 1.82) is 0 Å². The number of nitrogen functional groups attached to an aromatic ring is 1. The second kappa shape index (κ2) is 6.21. The first-order valence-corrected chi connectivity index (χ1v) is 8.00. The number of hydrogen-bond acceptors (Lipinski definition) is 5. The van der Waals surface area contributed by atoms with E-state index in [0.29, 0.717) is 17.9 Å². The van der Waals surface area contributed by atoms with Gasteiger partial charge in [0.1, 0.15) is 16.4 Å². The van der Waals surface area contributed by atoms with Crippen LogP contribution in [0, 0.1) is 6.92 Å². The molecular formula is C16H17N5OS. The Labute approximate surface area is 138 Å². The summed E-state index contributed by atoms with van der Waals surface area (Å²) in [5, 5.41) is 9.84. The largest absolute Gasteiger partial charge is 0.383 e. The maximum atomic E-state index is 12.2. The maximum Gasteiger partial charge on any atom is 0.256 e. The first-order chi connectivity index (χ1) is 11.1. The molecule has 1 amide bonds. The normalized spacial score (nSPS) is 10.7. The highest BCUT2D eigenvalue weighted by Crippen LogP contribution is 2.27. The summed E-state index contributed by atoms with van der Waals surface area (Å²) >= 11 is 1.60. The van der Waals surface area contributed by atoms with E-state index in [1.807, 2.05) is 36.6 Å². The van der Waals surface area contributed by atoms with Crippen LogP contribution in [-0.4, -0.2) is 20.7 Å². The van der Waals surface area contributed by atoms with Gasteiger partial charge in [-0.1, -0.05) is 24.3 Å². The van der Waals surface area contributed by atoms with E-state index in [1.54, 1.807) is 18.4 Å². The first-order valence-electron chi connectivity index (χ1n) is 7.12. The topological polar surface area (TPSA) is 85.8 Å². The number of aromatic nitrogens is 3.